The van der Waals surface area contributed by atoms with Gasteiger partial charge in [0.15, 0.2) is 5.82 Å². The quantitative estimate of drug-likeness (QED) is 0.693. The summed E-state index contributed by atoms with van der Waals surface area (Å²) < 4.78 is 13.7. The van der Waals surface area contributed by atoms with E-state index in [0.717, 1.165) is 37.9 Å². The summed E-state index contributed by atoms with van der Waals surface area (Å²) in [6, 6.07) is 8.58. The minimum atomic E-state index is -0.197. The van der Waals surface area contributed by atoms with Gasteiger partial charge in [0.25, 0.3) is 0 Å². The van der Waals surface area contributed by atoms with Crippen molar-refractivity contribution in [2.45, 2.75) is 6.42 Å². The monoisotopic (exact) mass is 380 g/mol. The van der Waals surface area contributed by atoms with Crippen LogP contribution in [0.3, 0.4) is 0 Å². The van der Waals surface area contributed by atoms with Crippen molar-refractivity contribution in [3.63, 3.8) is 0 Å². The van der Waals surface area contributed by atoms with Crippen molar-refractivity contribution in [1.82, 2.24) is 25.1 Å². The molecule has 9 heteroatoms. The van der Waals surface area contributed by atoms with Crippen molar-refractivity contribution in [1.29, 1.82) is 0 Å². The smallest absolute Gasteiger partial charge is 0.244 e. The maximum atomic E-state index is 13.7. The van der Waals surface area contributed by atoms with Crippen molar-refractivity contribution in [3.8, 4) is 0 Å². The zero-order valence-corrected chi connectivity index (χ0v) is 15.4. The predicted octanol–water partition coefficient (Wildman–Crippen LogP) is 1.78. The van der Waals surface area contributed by atoms with Crippen LogP contribution in [-0.4, -0.2) is 57.9 Å². The highest BCUT2D eigenvalue weighted by Gasteiger charge is 2.20. The fourth-order valence-electron chi connectivity index (χ4n) is 3.12. The average molecular weight is 380 g/mol. The molecule has 144 valence electrons. The first-order valence-corrected chi connectivity index (χ1v) is 9.23. The zero-order chi connectivity index (χ0) is 19.2. The lowest BCUT2D eigenvalue weighted by molar-refractivity contribution is 0.610. The van der Waals surface area contributed by atoms with E-state index in [1.165, 1.54) is 6.07 Å². The fraction of sp³-hybridized carbons (Fsp3) is 0.316. The standard InChI is InChI=1S/C19H21FN8/c20-16-5-2-1-4-15(16)6-9-21-18-25-17(14-24-26-18)27-10-12-28(13-11-27)19-22-7-3-8-23-19/h1-5,7-8,14H,6,9-13H2,(H,21,25,26). The topological polar surface area (TPSA) is 83.0 Å². The molecule has 0 aliphatic carbocycles. The van der Waals surface area contributed by atoms with Crippen molar-refractivity contribution >= 4 is 17.7 Å². The van der Waals surface area contributed by atoms with Crippen LogP contribution in [0.4, 0.5) is 22.1 Å². The minimum Gasteiger partial charge on any atom is -0.353 e. The summed E-state index contributed by atoms with van der Waals surface area (Å²) in [5.41, 5.74) is 0.665. The molecule has 3 aromatic rings. The maximum Gasteiger partial charge on any atom is 0.244 e. The second kappa shape index (κ2) is 8.55. The van der Waals surface area contributed by atoms with E-state index in [-0.39, 0.29) is 5.82 Å². The number of aromatic nitrogens is 5. The molecule has 0 saturated carbocycles. The van der Waals surface area contributed by atoms with E-state index >= 15 is 0 Å². The Morgan fingerprint density at radius 3 is 2.50 bits per heavy atom. The van der Waals surface area contributed by atoms with Crippen LogP contribution in [0.1, 0.15) is 5.56 Å². The number of rotatable bonds is 6. The molecule has 8 nitrogen and oxygen atoms in total. The molecule has 28 heavy (non-hydrogen) atoms. The van der Waals surface area contributed by atoms with Crippen LogP contribution in [0.2, 0.25) is 0 Å². The Labute approximate surface area is 162 Å². The molecule has 0 spiro atoms. The first-order valence-electron chi connectivity index (χ1n) is 9.23. The number of nitrogens with one attached hydrogen (secondary N) is 1. The Morgan fingerprint density at radius 1 is 0.964 bits per heavy atom. The van der Waals surface area contributed by atoms with Crippen LogP contribution >= 0.6 is 0 Å². The Balaban J connectivity index is 1.32. The van der Waals surface area contributed by atoms with Gasteiger partial charge in [-0.1, -0.05) is 18.2 Å². The van der Waals surface area contributed by atoms with Gasteiger partial charge in [-0.25, -0.2) is 14.4 Å². The van der Waals surface area contributed by atoms with Crippen LogP contribution < -0.4 is 15.1 Å². The normalized spacial score (nSPS) is 14.2. The number of nitrogens with zero attached hydrogens (tertiary/aromatic N) is 7. The molecule has 1 N–H and O–H groups in total. The molecule has 0 unspecified atom stereocenters. The molecular weight excluding hydrogens is 359 g/mol. The second-order valence-electron chi connectivity index (χ2n) is 6.43. The molecular formula is C19H21FN8. The van der Waals surface area contributed by atoms with Gasteiger partial charge in [0.1, 0.15) is 5.82 Å². The van der Waals surface area contributed by atoms with Crippen molar-refractivity contribution in [2.24, 2.45) is 0 Å². The highest BCUT2D eigenvalue weighted by Crippen LogP contribution is 2.16. The number of benzene rings is 1. The number of anilines is 3. The summed E-state index contributed by atoms with van der Waals surface area (Å²) >= 11 is 0. The van der Waals surface area contributed by atoms with Crippen LogP contribution in [0, 0.1) is 5.82 Å². The van der Waals surface area contributed by atoms with E-state index in [1.807, 2.05) is 12.1 Å². The molecule has 1 aromatic carbocycles. The van der Waals surface area contributed by atoms with E-state index in [9.17, 15) is 4.39 Å². The zero-order valence-electron chi connectivity index (χ0n) is 15.4. The van der Waals surface area contributed by atoms with Gasteiger partial charge in [0.2, 0.25) is 11.9 Å². The van der Waals surface area contributed by atoms with E-state index in [0.29, 0.717) is 24.5 Å². The lowest BCUT2D eigenvalue weighted by Crippen LogP contribution is -2.47. The Bertz CT molecular complexity index is 899. The van der Waals surface area contributed by atoms with E-state index in [4.69, 9.17) is 0 Å². The average Bonchev–Trinajstić information content (AvgIpc) is 2.76. The molecule has 1 fully saturated rings. The van der Waals surface area contributed by atoms with Gasteiger partial charge in [-0.3, -0.25) is 0 Å². The van der Waals surface area contributed by atoms with Crippen LogP contribution in [0.15, 0.2) is 48.9 Å². The molecule has 1 aliphatic heterocycles. The van der Waals surface area contributed by atoms with Gasteiger partial charge in [0.05, 0.1) is 6.20 Å². The molecule has 1 saturated heterocycles. The summed E-state index contributed by atoms with van der Waals surface area (Å²) in [6.45, 7) is 3.75. The SMILES string of the molecule is Fc1ccccc1CCNc1nncc(N2CCN(c3ncccn3)CC2)n1. The molecule has 0 amide bonds. The number of piperazine rings is 1. The molecule has 0 bridgehead atoms. The summed E-state index contributed by atoms with van der Waals surface area (Å²) in [7, 11) is 0. The van der Waals surface area contributed by atoms with E-state index < -0.39 is 0 Å². The Hall–Kier alpha value is -3.36. The predicted molar refractivity (Wildman–Crippen MR) is 105 cm³/mol. The highest BCUT2D eigenvalue weighted by atomic mass is 19.1. The van der Waals surface area contributed by atoms with Gasteiger partial charge >= 0.3 is 0 Å². The molecule has 1 aliphatic rings. The van der Waals surface area contributed by atoms with Crippen molar-refractivity contribution < 1.29 is 4.39 Å². The Kier molecular flexibility index (Phi) is 5.51. The van der Waals surface area contributed by atoms with Gasteiger partial charge in [0, 0.05) is 45.1 Å². The van der Waals surface area contributed by atoms with E-state index in [2.05, 4.69) is 40.3 Å². The summed E-state index contributed by atoms with van der Waals surface area (Å²) in [5.74, 6) is 1.77. The number of hydrogen-bond donors (Lipinski definition) is 1. The van der Waals surface area contributed by atoms with Gasteiger partial charge in [-0.15, -0.1) is 5.10 Å². The molecule has 4 rings (SSSR count). The first-order chi connectivity index (χ1) is 13.8. The molecule has 0 radical (unpaired) electrons. The first kappa shape index (κ1) is 18.0. The summed E-state index contributed by atoms with van der Waals surface area (Å²) in [4.78, 5) is 17.5. The van der Waals surface area contributed by atoms with Crippen molar-refractivity contribution in [2.75, 3.05) is 47.8 Å². The maximum absolute atomic E-state index is 13.7. The third-order valence-corrected chi connectivity index (χ3v) is 4.62. The minimum absolute atomic E-state index is 0.197. The molecule has 0 atom stereocenters. The van der Waals surface area contributed by atoms with Crippen LogP contribution in [0.25, 0.3) is 0 Å². The summed E-state index contributed by atoms with van der Waals surface area (Å²) in [5, 5.41) is 11.2. The third-order valence-electron chi connectivity index (χ3n) is 4.62. The van der Waals surface area contributed by atoms with E-state index in [1.54, 1.807) is 30.7 Å². The second-order valence-corrected chi connectivity index (χ2v) is 6.43. The highest BCUT2D eigenvalue weighted by molar-refractivity contribution is 5.43. The lowest BCUT2D eigenvalue weighted by Gasteiger charge is -2.35. The lowest BCUT2D eigenvalue weighted by atomic mass is 10.1. The Morgan fingerprint density at radius 2 is 1.71 bits per heavy atom. The van der Waals surface area contributed by atoms with Crippen molar-refractivity contribution in [3.05, 3.63) is 60.3 Å². The number of hydrogen-bond acceptors (Lipinski definition) is 8. The third kappa shape index (κ3) is 4.30. The van der Waals surface area contributed by atoms with Crippen LogP contribution in [-0.2, 0) is 6.42 Å². The molecule has 2 aromatic heterocycles. The largest absolute Gasteiger partial charge is 0.353 e. The van der Waals surface area contributed by atoms with Gasteiger partial charge < -0.3 is 15.1 Å². The molecule has 3 heterocycles. The fourth-order valence-corrected chi connectivity index (χ4v) is 3.12. The van der Waals surface area contributed by atoms with Crippen LogP contribution in [0.5, 0.6) is 0 Å². The van der Waals surface area contributed by atoms with Gasteiger partial charge in [-0.05, 0) is 24.1 Å². The summed E-state index contributed by atoms with van der Waals surface area (Å²) in [6.07, 6.45) is 5.72. The number of halogens is 1. The van der Waals surface area contributed by atoms with Gasteiger partial charge in [-0.2, -0.15) is 10.1 Å².